The quantitative estimate of drug-likeness (QED) is 0.672. The van der Waals surface area contributed by atoms with Crippen molar-refractivity contribution in [2.24, 2.45) is 0 Å². The van der Waals surface area contributed by atoms with Crippen LogP contribution in [0.25, 0.3) is 10.6 Å². The highest BCUT2D eigenvalue weighted by molar-refractivity contribution is 7.15. The Balaban J connectivity index is 2.43. The molecule has 0 saturated carbocycles. The SMILES string of the molecule is Cc1cc(-c2ccc(C)s2)no1. The van der Waals surface area contributed by atoms with E-state index < -0.39 is 0 Å². The molecule has 0 radical (unpaired) electrons. The van der Waals surface area contributed by atoms with Gasteiger partial charge >= 0.3 is 0 Å². The predicted molar refractivity (Wildman–Crippen MR) is 49.3 cm³/mol. The van der Waals surface area contributed by atoms with Gasteiger partial charge in [0.1, 0.15) is 11.5 Å². The fourth-order valence-electron chi connectivity index (χ4n) is 1.05. The molecule has 0 unspecified atom stereocenters. The Morgan fingerprint density at radius 2 is 2.17 bits per heavy atom. The van der Waals surface area contributed by atoms with Crippen molar-refractivity contribution in [1.29, 1.82) is 0 Å². The molecule has 0 saturated heterocycles. The molecule has 62 valence electrons. The molecule has 0 bridgehead atoms. The first-order valence-electron chi connectivity index (χ1n) is 3.76. The molecule has 2 rings (SSSR count). The van der Waals surface area contributed by atoms with Crippen molar-refractivity contribution in [3.63, 3.8) is 0 Å². The van der Waals surface area contributed by atoms with Crippen molar-refractivity contribution in [3.05, 3.63) is 28.8 Å². The minimum absolute atomic E-state index is 0.857. The molecular formula is C9H9NOS. The zero-order valence-corrected chi connectivity index (χ0v) is 7.81. The lowest BCUT2D eigenvalue weighted by Crippen LogP contribution is -1.66. The third-order valence-electron chi connectivity index (χ3n) is 1.62. The summed E-state index contributed by atoms with van der Waals surface area (Å²) in [4.78, 5) is 2.47. The number of aryl methyl sites for hydroxylation is 2. The van der Waals surface area contributed by atoms with Crippen molar-refractivity contribution in [3.8, 4) is 10.6 Å². The Bertz CT molecular complexity index is 350. The van der Waals surface area contributed by atoms with Crippen LogP contribution < -0.4 is 0 Å². The van der Waals surface area contributed by atoms with Gasteiger partial charge in [-0.05, 0) is 26.0 Å². The van der Waals surface area contributed by atoms with E-state index in [1.54, 1.807) is 11.3 Å². The van der Waals surface area contributed by atoms with Gasteiger partial charge in [-0.25, -0.2) is 0 Å². The van der Waals surface area contributed by atoms with Gasteiger partial charge in [0.25, 0.3) is 0 Å². The molecule has 0 spiro atoms. The highest BCUT2D eigenvalue weighted by Crippen LogP contribution is 2.26. The Morgan fingerprint density at radius 3 is 2.67 bits per heavy atom. The standard InChI is InChI=1S/C9H9NOS/c1-6-5-8(10-11-6)9-4-3-7(2)12-9/h3-5H,1-2H3. The number of thiophene rings is 1. The third kappa shape index (κ3) is 1.28. The van der Waals surface area contributed by atoms with E-state index in [1.165, 1.54) is 9.75 Å². The molecule has 0 atom stereocenters. The van der Waals surface area contributed by atoms with Gasteiger partial charge in [-0.2, -0.15) is 0 Å². The van der Waals surface area contributed by atoms with Crippen LogP contribution in [0.15, 0.2) is 22.7 Å². The molecule has 0 amide bonds. The summed E-state index contributed by atoms with van der Waals surface area (Å²) in [6.07, 6.45) is 0. The van der Waals surface area contributed by atoms with Gasteiger partial charge < -0.3 is 4.52 Å². The van der Waals surface area contributed by atoms with E-state index in [1.807, 2.05) is 13.0 Å². The summed E-state index contributed by atoms with van der Waals surface area (Å²) >= 11 is 1.73. The highest BCUT2D eigenvalue weighted by atomic mass is 32.1. The zero-order chi connectivity index (χ0) is 8.55. The van der Waals surface area contributed by atoms with Gasteiger partial charge in [0.2, 0.25) is 0 Å². The average Bonchev–Trinajstić information content (AvgIpc) is 2.58. The van der Waals surface area contributed by atoms with Crippen LogP contribution in [0.3, 0.4) is 0 Å². The maximum atomic E-state index is 4.98. The molecule has 2 heterocycles. The molecule has 0 aromatic carbocycles. The van der Waals surface area contributed by atoms with Crippen molar-refractivity contribution in [2.45, 2.75) is 13.8 Å². The largest absolute Gasteiger partial charge is 0.361 e. The van der Waals surface area contributed by atoms with E-state index in [0.717, 1.165) is 11.5 Å². The van der Waals surface area contributed by atoms with E-state index >= 15 is 0 Å². The van der Waals surface area contributed by atoms with E-state index in [-0.39, 0.29) is 0 Å². The summed E-state index contributed by atoms with van der Waals surface area (Å²) in [6, 6.07) is 6.10. The third-order valence-corrected chi connectivity index (χ3v) is 2.64. The van der Waals surface area contributed by atoms with Crippen LogP contribution in [-0.4, -0.2) is 5.16 Å². The topological polar surface area (TPSA) is 26.0 Å². The number of hydrogen-bond acceptors (Lipinski definition) is 3. The van der Waals surface area contributed by atoms with E-state index in [9.17, 15) is 0 Å². The van der Waals surface area contributed by atoms with Crippen LogP contribution in [0.2, 0.25) is 0 Å². The number of hydrogen-bond donors (Lipinski definition) is 0. The van der Waals surface area contributed by atoms with Crippen LogP contribution in [-0.2, 0) is 0 Å². The number of aromatic nitrogens is 1. The van der Waals surface area contributed by atoms with Crippen LogP contribution in [0, 0.1) is 13.8 Å². The van der Waals surface area contributed by atoms with Gasteiger partial charge in [0.15, 0.2) is 0 Å². The van der Waals surface area contributed by atoms with Gasteiger partial charge in [0, 0.05) is 10.9 Å². The fraction of sp³-hybridized carbons (Fsp3) is 0.222. The summed E-state index contributed by atoms with van der Waals surface area (Å²) in [7, 11) is 0. The Labute approximate surface area is 74.8 Å². The predicted octanol–water partition coefficient (Wildman–Crippen LogP) is 3.02. The molecular weight excluding hydrogens is 170 g/mol. The number of rotatable bonds is 1. The molecule has 12 heavy (non-hydrogen) atoms. The van der Waals surface area contributed by atoms with E-state index in [4.69, 9.17) is 4.52 Å². The maximum absolute atomic E-state index is 4.98. The molecule has 0 aliphatic rings. The van der Waals surface area contributed by atoms with Crippen LogP contribution in [0.1, 0.15) is 10.6 Å². The fourth-order valence-corrected chi connectivity index (χ4v) is 1.87. The van der Waals surface area contributed by atoms with E-state index in [0.29, 0.717) is 0 Å². The second kappa shape index (κ2) is 2.75. The summed E-state index contributed by atoms with van der Waals surface area (Å²) in [5, 5.41) is 3.93. The van der Waals surface area contributed by atoms with Gasteiger partial charge in [-0.1, -0.05) is 5.16 Å². The molecule has 0 aliphatic carbocycles. The lowest BCUT2D eigenvalue weighted by Gasteiger charge is -1.83. The van der Waals surface area contributed by atoms with Crippen molar-refractivity contribution in [2.75, 3.05) is 0 Å². The first-order chi connectivity index (χ1) is 5.75. The van der Waals surface area contributed by atoms with Gasteiger partial charge in [-0.3, -0.25) is 0 Å². The second-order valence-electron chi connectivity index (χ2n) is 2.73. The van der Waals surface area contributed by atoms with Gasteiger partial charge in [0.05, 0.1) is 4.88 Å². The van der Waals surface area contributed by atoms with E-state index in [2.05, 4.69) is 24.2 Å². The zero-order valence-electron chi connectivity index (χ0n) is 7.00. The van der Waals surface area contributed by atoms with Crippen LogP contribution in [0.4, 0.5) is 0 Å². The Hall–Kier alpha value is -1.09. The summed E-state index contributed by atoms with van der Waals surface area (Å²) in [5.41, 5.74) is 0.936. The molecule has 0 aliphatic heterocycles. The van der Waals surface area contributed by atoms with Crippen LogP contribution in [0.5, 0.6) is 0 Å². The number of nitrogens with zero attached hydrogens (tertiary/aromatic N) is 1. The Morgan fingerprint density at radius 1 is 1.33 bits per heavy atom. The highest BCUT2D eigenvalue weighted by Gasteiger charge is 2.04. The monoisotopic (exact) mass is 179 g/mol. The van der Waals surface area contributed by atoms with Crippen molar-refractivity contribution in [1.82, 2.24) is 5.16 Å². The molecule has 2 aromatic rings. The molecule has 0 N–H and O–H groups in total. The maximum Gasteiger partial charge on any atom is 0.134 e. The summed E-state index contributed by atoms with van der Waals surface area (Å²) in [5.74, 6) is 0.857. The Kier molecular flexibility index (Phi) is 1.73. The van der Waals surface area contributed by atoms with Crippen molar-refractivity contribution < 1.29 is 4.52 Å². The summed E-state index contributed by atoms with van der Waals surface area (Å²) < 4.78 is 4.98. The normalized spacial score (nSPS) is 10.5. The van der Waals surface area contributed by atoms with Crippen LogP contribution >= 0.6 is 11.3 Å². The molecule has 2 nitrogen and oxygen atoms in total. The molecule has 3 heteroatoms. The lowest BCUT2D eigenvalue weighted by molar-refractivity contribution is 0.400. The lowest BCUT2D eigenvalue weighted by atomic mass is 10.3. The minimum Gasteiger partial charge on any atom is -0.361 e. The molecule has 2 aromatic heterocycles. The van der Waals surface area contributed by atoms with Crippen molar-refractivity contribution >= 4 is 11.3 Å². The summed E-state index contributed by atoms with van der Waals surface area (Å²) in [6.45, 7) is 3.98. The first-order valence-corrected chi connectivity index (χ1v) is 4.57. The first kappa shape index (κ1) is 7.55. The second-order valence-corrected chi connectivity index (χ2v) is 4.02. The minimum atomic E-state index is 0.857. The van der Waals surface area contributed by atoms with Gasteiger partial charge in [-0.15, -0.1) is 11.3 Å². The molecule has 0 fully saturated rings. The smallest absolute Gasteiger partial charge is 0.134 e. The average molecular weight is 179 g/mol.